The fraction of sp³-hybridized carbons (Fsp3) is 0.412. The van der Waals surface area contributed by atoms with Crippen LogP contribution in [0.5, 0.6) is 0 Å². The second-order valence-electron chi connectivity index (χ2n) is 6.27. The standard InChI is InChI=1S/C17H22ClN5O/c18-15-9-14(23-8-7-16(20)22-17(23)24)6-1-11(15)10-21-13-4-2-12(19)3-5-13/h1,6-9,12-13,21H,2-5,10,19H2,(H2,20,22,24). The number of hydrogen-bond donors (Lipinski definition) is 3. The molecule has 1 saturated carbocycles. The Morgan fingerprint density at radius 2 is 2.00 bits per heavy atom. The fourth-order valence-electron chi connectivity index (χ4n) is 3.02. The topological polar surface area (TPSA) is 99.0 Å². The van der Waals surface area contributed by atoms with Crippen LogP contribution in [0.15, 0.2) is 35.3 Å². The first-order valence-corrected chi connectivity index (χ1v) is 8.53. The highest BCUT2D eigenvalue weighted by Crippen LogP contribution is 2.22. The van der Waals surface area contributed by atoms with Crippen LogP contribution in [-0.4, -0.2) is 21.6 Å². The summed E-state index contributed by atoms with van der Waals surface area (Å²) < 4.78 is 1.42. The van der Waals surface area contributed by atoms with Crippen molar-refractivity contribution >= 4 is 17.4 Å². The molecule has 1 aromatic carbocycles. The average molecular weight is 348 g/mol. The smallest absolute Gasteiger partial charge is 0.354 e. The number of benzene rings is 1. The highest BCUT2D eigenvalue weighted by molar-refractivity contribution is 6.31. The first-order chi connectivity index (χ1) is 11.5. The Morgan fingerprint density at radius 3 is 2.67 bits per heavy atom. The van der Waals surface area contributed by atoms with Gasteiger partial charge in [0.15, 0.2) is 0 Å². The molecule has 0 spiro atoms. The van der Waals surface area contributed by atoms with Crippen molar-refractivity contribution < 1.29 is 0 Å². The summed E-state index contributed by atoms with van der Waals surface area (Å²) in [6, 6.07) is 7.98. The third-order valence-corrected chi connectivity index (χ3v) is 4.84. The van der Waals surface area contributed by atoms with E-state index >= 15 is 0 Å². The number of anilines is 1. The van der Waals surface area contributed by atoms with E-state index in [2.05, 4.69) is 10.3 Å². The summed E-state index contributed by atoms with van der Waals surface area (Å²) in [5.74, 6) is 0.204. The number of nitrogen functional groups attached to an aromatic ring is 1. The van der Waals surface area contributed by atoms with Crippen molar-refractivity contribution in [3.8, 4) is 5.69 Å². The summed E-state index contributed by atoms with van der Waals surface area (Å²) in [7, 11) is 0. The van der Waals surface area contributed by atoms with Crippen LogP contribution >= 0.6 is 11.6 Å². The number of nitrogens with two attached hydrogens (primary N) is 2. The van der Waals surface area contributed by atoms with Gasteiger partial charge in [0.05, 0.1) is 5.69 Å². The lowest BCUT2D eigenvalue weighted by molar-refractivity contribution is 0.342. The SMILES string of the molecule is Nc1ccn(-c2ccc(CNC3CCC(N)CC3)c(Cl)c2)c(=O)n1. The summed E-state index contributed by atoms with van der Waals surface area (Å²) in [5.41, 5.74) is 12.7. The third kappa shape index (κ3) is 3.95. The molecule has 1 heterocycles. The average Bonchev–Trinajstić information content (AvgIpc) is 2.55. The number of nitrogens with one attached hydrogen (secondary N) is 1. The van der Waals surface area contributed by atoms with E-state index in [9.17, 15) is 4.79 Å². The molecule has 0 saturated heterocycles. The monoisotopic (exact) mass is 347 g/mol. The number of halogens is 1. The van der Waals surface area contributed by atoms with E-state index in [1.54, 1.807) is 18.3 Å². The van der Waals surface area contributed by atoms with Crippen LogP contribution in [0.3, 0.4) is 0 Å². The van der Waals surface area contributed by atoms with Gasteiger partial charge in [0.2, 0.25) is 0 Å². The molecule has 2 aromatic rings. The molecular weight excluding hydrogens is 326 g/mol. The van der Waals surface area contributed by atoms with Gasteiger partial charge in [-0.25, -0.2) is 4.79 Å². The van der Waals surface area contributed by atoms with Gasteiger partial charge < -0.3 is 16.8 Å². The maximum absolute atomic E-state index is 11.9. The van der Waals surface area contributed by atoms with Gasteiger partial charge in [-0.3, -0.25) is 4.57 Å². The predicted octanol–water partition coefficient (Wildman–Crippen LogP) is 1.83. The Hall–Kier alpha value is -1.89. The Morgan fingerprint density at radius 1 is 1.25 bits per heavy atom. The van der Waals surface area contributed by atoms with Gasteiger partial charge >= 0.3 is 5.69 Å². The van der Waals surface area contributed by atoms with Crippen LogP contribution < -0.4 is 22.5 Å². The molecule has 0 bridgehead atoms. The van der Waals surface area contributed by atoms with Crippen molar-refractivity contribution in [2.75, 3.05) is 5.73 Å². The maximum Gasteiger partial charge on any atom is 0.354 e. The Kier molecular flexibility index (Phi) is 5.18. The molecule has 3 rings (SSSR count). The van der Waals surface area contributed by atoms with Crippen LogP contribution in [0.25, 0.3) is 5.69 Å². The largest absolute Gasteiger partial charge is 0.383 e. The minimum absolute atomic E-state index is 0.204. The van der Waals surface area contributed by atoms with Crippen molar-refractivity contribution in [1.82, 2.24) is 14.9 Å². The van der Waals surface area contributed by atoms with Crippen LogP contribution in [0.2, 0.25) is 5.02 Å². The number of aromatic nitrogens is 2. The molecule has 1 aliphatic rings. The lowest BCUT2D eigenvalue weighted by Gasteiger charge is -2.27. The molecule has 24 heavy (non-hydrogen) atoms. The van der Waals surface area contributed by atoms with Crippen LogP contribution in [0, 0.1) is 0 Å². The molecule has 5 N–H and O–H groups in total. The van der Waals surface area contributed by atoms with Crippen molar-refractivity contribution in [2.24, 2.45) is 5.73 Å². The van der Waals surface area contributed by atoms with Crippen molar-refractivity contribution in [3.63, 3.8) is 0 Å². The van der Waals surface area contributed by atoms with E-state index in [1.165, 1.54) is 4.57 Å². The Labute approximate surface area is 145 Å². The van der Waals surface area contributed by atoms with E-state index in [1.807, 2.05) is 12.1 Å². The van der Waals surface area contributed by atoms with E-state index in [0.717, 1.165) is 31.2 Å². The second-order valence-corrected chi connectivity index (χ2v) is 6.68. The number of rotatable bonds is 4. The Bertz CT molecular complexity index is 768. The highest BCUT2D eigenvalue weighted by atomic mass is 35.5. The van der Waals surface area contributed by atoms with E-state index in [-0.39, 0.29) is 5.82 Å². The fourth-order valence-corrected chi connectivity index (χ4v) is 3.26. The zero-order valence-electron chi connectivity index (χ0n) is 13.4. The lowest BCUT2D eigenvalue weighted by atomic mass is 9.92. The first kappa shape index (κ1) is 17.0. The van der Waals surface area contributed by atoms with E-state index in [0.29, 0.717) is 29.3 Å². The van der Waals surface area contributed by atoms with Gasteiger partial charge in [-0.15, -0.1) is 0 Å². The molecule has 1 aromatic heterocycles. The lowest BCUT2D eigenvalue weighted by Crippen LogP contribution is -2.37. The van der Waals surface area contributed by atoms with E-state index < -0.39 is 5.69 Å². The first-order valence-electron chi connectivity index (χ1n) is 8.16. The van der Waals surface area contributed by atoms with Gasteiger partial charge in [-0.2, -0.15) is 4.98 Å². The molecule has 0 radical (unpaired) electrons. The zero-order valence-corrected chi connectivity index (χ0v) is 14.2. The molecule has 128 valence electrons. The third-order valence-electron chi connectivity index (χ3n) is 4.49. The highest BCUT2D eigenvalue weighted by Gasteiger charge is 2.18. The molecule has 0 unspecified atom stereocenters. The predicted molar refractivity (Wildman–Crippen MR) is 96.3 cm³/mol. The summed E-state index contributed by atoms with van der Waals surface area (Å²) in [4.78, 5) is 15.6. The normalized spacial score (nSPS) is 20.9. The summed E-state index contributed by atoms with van der Waals surface area (Å²) in [6.45, 7) is 0.702. The molecule has 0 amide bonds. The van der Waals surface area contributed by atoms with Gasteiger partial charge in [0.1, 0.15) is 5.82 Å². The van der Waals surface area contributed by atoms with Crippen LogP contribution in [0.1, 0.15) is 31.2 Å². The molecule has 1 aliphatic carbocycles. The zero-order chi connectivity index (χ0) is 17.1. The van der Waals surface area contributed by atoms with Crippen molar-refractivity contribution in [1.29, 1.82) is 0 Å². The summed E-state index contributed by atoms with van der Waals surface area (Å²) in [6.07, 6.45) is 5.93. The van der Waals surface area contributed by atoms with Crippen molar-refractivity contribution in [3.05, 3.63) is 51.5 Å². The summed E-state index contributed by atoms with van der Waals surface area (Å²) in [5, 5.41) is 4.16. The van der Waals surface area contributed by atoms with Crippen LogP contribution in [-0.2, 0) is 6.54 Å². The second kappa shape index (κ2) is 7.34. The molecule has 0 atom stereocenters. The molecule has 0 aliphatic heterocycles. The van der Waals surface area contributed by atoms with Gasteiger partial charge in [-0.1, -0.05) is 17.7 Å². The minimum Gasteiger partial charge on any atom is -0.383 e. The number of hydrogen-bond acceptors (Lipinski definition) is 5. The Balaban J connectivity index is 1.69. The van der Waals surface area contributed by atoms with Crippen LogP contribution in [0.4, 0.5) is 5.82 Å². The molecule has 1 fully saturated rings. The van der Waals surface area contributed by atoms with Gasteiger partial charge in [0.25, 0.3) is 0 Å². The molecule has 6 nitrogen and oxygen atoms in total. The summed E-state index contributed by atoms with van der Waals surface area (Å²) >= 11 is 6.38. The van der Waals surface area contributed by atoms with Crippen molar-refractivity contribution in [2.45, 2.75) is 44.3 Å². The maximum atomic E-state index is 11.9. The molecule has 7 heteroatoms. The van der Waals surface area contributed by atoms with Gasteiger partial charge in [-0.05, 0) is 49.4 Å². The minimum atomic E-state index is -0.421. The van der Waals surface area contributed by atoms with E-state index in [4.69, 9.17) is 23.1 Å². The number of nitrogens with zero attached hydrogens (tertiary/aromatic N) is 2. The van der Waals surface area contributed by atoms with Gasteiger partial charge in [0, 0.05) is 29.8 Å². The quantitative estimate of drug-likeness (QED) is 0.783. The molecular formula is C17H22ClN5O.